The molecule has 3 aromatic rings. The summed E-state index contributed by atoms with van der Waals surface area (Å²) in [7, 11) is 1.73. The van der Waals surface area contributed by atoms with E-state index in [1.54, 1.807) is 24.1 Å². The third-order valence-electron chi connectivity index (χ3n) is 3.54. The van der Waals surface area contributed by atoms with Crippen LogP contribution in [-0.4, -0.2) is 38.5 Å². The number of hydrogen-bond donors (Lipinski definition) is 1. The van der Waals surface area contributed by atoms with Gasteiger partial charge in [-0.25, -0.2) is 9.07 Å². The lowest BCUT2D eigenvalue weighted by Crippen LogP contribution is -2.27. The van der Waals surface area contributed by atoms with Gasteiger partial charge >= 0.3 is 0 Å². The van der Waals surface area contributed by atoms with E-state index in [9.17, 15) is 9.18 Å². The summed E-state index contributed by atoms with van der Waals surface area (Å²) < 4.78 is 15.0. The molecular weight excluding hydrogens is 397 g/mol. The molecule has 0 unspecified atom stereocenters. The molecule has 0 fully saturated rings. The molecule has 10 heteroatoms. The second-order valence-electron chi connectivity index (χ2n) is 5.43. The lowest BCUT2D eigenvalue weighted by Gasteiger charge is -2.15. The first kappa shape index (κ1) is 18.7. The van der Waals surface area contributed by atoms with Crippen molar-refractivity contribution in [3.63, 3.8) is 0 Å². The highest BCUT2D eigenvalue weighted by molar-refractivity contribution is 7.99. The minimum atomic E-state index is -0.341. The van der Waals surface area contributed by atoms with E-state index in [1.807, 2.05) is 12.1 Å². The van der Waals surface area contributed by atoms with Crippen LogP contribution in [-0.2, 0) is 11.3 Å². The number of nitrogens with zero attached hydrogens (tertiary/aromatic N) is 4. The van der Waals surface area contributed by atoms with Crippen molar-refractivity contribution in [1.82, 2.24) is 19.8 Å². The van der Waals surface area contributed by atoms with Gasteiger partial charge in [0.1, 0.15) is 5.82 Å². The van der Waals surface area contributed by atoms with E-state index in [0.717, 1.165) is 4.88 Å². The number of amides is 1. The lowest BCUT2D eigenvalue weighted by molar-refractivity contribution is -0.127. The Hall–Kier alpha value is -2.10. The van der Waals surface area contributed by atoms with Gasteiger partial charge in [0.2, 0.25) is 11.1 Å². The van der Waals surface area contributed by atoms with Crippen molar-refractivity contribution in [2.75, 3.05) is 18.6 Å². The third-order valence-corrected chi connectivity index (χ3v) is 5.68. The third kappa shape index (κ3) is 4.35. The zero-order valence-corrected chi connectivity index (χ0v) is 16.1. The van der Waals surface area contributed by atoms with Gasteiger partial charge in [-0.05, 0) is 36.4 Å². The standard InChI is InChI=1S/C16H15ClFN5OS2/c1-22(8-12-6-7-13(17)26-12)14(24)9-25-16-21-20-15(23(16)19)10-2-4-11(18)5-3-10/h2-7H,8-9,19H2,1H3. The number of carbonyl (C=O) groups excluding carboxylic acids is 1. The number of halogens is 2. The molecule has 0 spiro atoms. The van der Waals surface area contributed by atoms with Crippen molar-refractivity contribution >= 4 is 40.6 Å². The zero-order valence-electron chi connectivity index (χ0n) is 13.7. The number of rotatable bonds is 6. The van der Waals surface area contributed by atoms with Gasteiger partial charge in [0, 0.05) is 17.5 Å². The van der Waals surface area contributed by atoms with Crippen LogP contribution in [0.2, 0.25) is 4.34 Å². The van der Waals surface area contributed by atoms with Crippen LogP contribution < -0.4 is 5.84 Å². The van der Waals surface area contributed by atoms with Crippen LogP contribution in [0.25, 0.3) is 11.4 Å². The maximum Gasteiger partial charge on any atom is 0.233 e. The normalized spacial score (nSPS) is 10.9. The summed E-state index contributed by atoms with van der Waals surface area (Å²) >= 11 is 8.54. The van der Waals surface area contributed by atoms with Gasteiger partial charge in [0.15, 0.2) is 5.82 Å². The van der Waals surface area contributed by atoms with Gasteiger partial charge in [-0.3, -0.25) is 4.79 Å². The van der Waals surface area contributed by atoms with Gasteiger partial charge in [-0.1, -0.05) is 23.4 Å². The van der Waals surface area contributed by atoms with Crippen molar-refractivity contribution in [2.24, 2.45) is 0 Å². The van der Waals surface area contributed by atoms with E-state index >= 15 is 0 Å². The number of nitrogens with two attached hydrogens (primary N) is 1. The SMILES string of the molecule is CN(Cc1ccc(Cl)s1)C(=O)CSc1nnc(-c2ccc(F)cc2)n1N. The van der Waals surface area contributed by atoms with Crippen molar-refractivity contribution in [3.8, 4) is 11.4 Å². The predicted octanol–water partition coefficient (Wildman–Crippen LogP) is 3.26. The molecule has 0 saturated heterocycles. The number of carbonyl (C=O) groups is 1. The summed E-state index contributed by atoms with van der Waals surface area (Å²) in [6.07, 6.45) is 0. The van der Waals surface area contributed by atoms with Crippen molar-refractivity contribution in [2.45, 2.75) is 11.7 Å². The fourth-order valence-corrected chi connectivity index (χ4v) is 4.10. The molecule has 26 heavy (non-hydrogen) atoms. The molecule has 2 aromatic heterocycles. The molecular formula is C16H15ClFN5OS2. The molecule has 2 heterocycles. The molecule has 0 aliphatic rings. The molecule has 0 saturated carbocycles. The quantitative estimate of drug-likeness (QED) is 0.497. The first-order valence-electron chi connectivity index (χ1n) is 7.51. The molecule has 1 amide bonds. The Morgan fingerprint density at radius 1 is 1.31 bits per heavy atom. The molecule has 0 aliphatic carbocycles. The van der Waals surface area contributed by atoms with Gasteiger partial charge in [0.25, 0.3) is 0 Å². The first-order valence-corrected chi connectivity index (χ1v) is 9.69. The zero-order chi connectivity index (χ0) is 18.7. The van der Waals surface area contributed by atoms with Gasteiger partial charge in [0.05, 0.1) is 16.6 Å². The summed E-state index contributed by atoms with van der Waals surface area (Å²) in [5.41, 5.74) is 0.645. The molecule has 0 atom stereocenters. The fourth-order valence-electron chi connectivity index (χ4n) is 2.17. The first-order chi connectivity index (χ1) is 12.4. The average molecular weight is 412 g/mol. The maximum atomic E-state index is 13.0. The number of thiophene rings is 1. The van der Waals surface area contributed by atoms with Crippen LogP contribution in [0.1, 0.15) is 4.88 Å². The summed E-state index contributed by atoms with van der Waals surface area (Å²) in [5.74, 6) is 6.18. The summed E-state index contributed by atoms with van der Waals surface area (Å²) in [6.45, 7) is 0.493. The van der Waals surface area contributed by atoms with Crippen LogP contribution in [0.5, 0.6) is 0 Å². The van der Waals surface area contributed by atoms with Crippen LogP contribution in [0, 0.1) is 5.82 Å². The van der Waals surface area contributed by atoms with E-state index in [4.69, 9.17) is 17.4 Å². The van der Waals surface area contributed by atoms with E-state index in [-0.39, 0.29) is 17.5 Å². The van der Waals surface area contributed by atoms with Gasteiger partial charge in [-0.2, -0.15) is 0 Å². The summed E-state index contributed by atoms with van der Waals surface area (Å²) in [4.78, 5) is 14.9. The number of aromatic nitrogens is 3. The van der Waals surface area contributed by atoms with E-state index in [0.29, 0.717) is 27.4 Å². The topological polar surface area (TPSA) is 77.0 Å². The van der Waals surface area contributed by atoms with Crippen molar-refractivity contribution in [3.05, 3.63) is 51.4 Å². The van der Waals surface area contributed by atoms with Crippen molar-refractivity contribution in [1.29, 1.82) is 0 Å². The average Bonchev–Trinajstić information content (AvgIpc) is 3.19. The highest BCUT2D eigenvalue weighted by Gasteiger charge is 2.16. The molecule has 2 N–H and O–H groups in total. The van der Waals surface area contributed by atoms with Crippen LogP contribution in [0.3, 0.4) is 0 Å². The smallest absolute Gasteiger partial charge is 0.233 e. The molecule has 0 radical (unpaired) electrons. The number of thioether (sulfide) groups is 1. The molecule has 3 rings (SSSR count). The van der Waals surface area contributed by atoms with Crippen LogP contribution in [0.4, 0.5) is 4.39 Å². The molecule has 1 aromatic carbocycles. The molecule has 6 nitrogen and oxygen atoms in total. The second-order valence-corrected chi connectivity index (χ2v) is 8.17. The monoisotopic (exact) mass is 411 g/mol. The van der Waals surface area contributed by atoms with Crippen molar-refractivity contribution < 1.29 is 9.18 Å². The number of nitrogen functional groups attached to an aromatic ring is 1. The van der Waals surface area contributed by atoms with Gasteiger partial charge < -0.3 is 10.7 Å². The number of hydrogen-bond acceptors (Lipinski definition) is 6. The summed E-state index contributed by atoms with van der Waals surface area (Å²) in [5, 5.41) is 8.43. The Bertz CT molecular complexity index is 912. The Morgan fingerprint density at radius 2 is 2.04 bits per heavy atom. The molecule has 0 aliphatic heterocycles. The Kier molecular flexibility index (Phi) is 5.80. The second kappa shape index (κ2) is 8.07. The predicted molar refractivity (Wildman–Crippen MR) is 102 cm³/mol. The highest BCUT2D eigenvalue weighted by Crippen LogP contribution is 2.24. The largest absolute Gasteiger partial charge is 0.340 e. The lowest BCUT2D eigenvalue weighted by atomic mass is 10.2. The van der Waals surface area contributed by atoms with Crippen LogP contribution >= 0.6 is 34.7 Å². The Labute approximate surface area is 162 Å². The highest BCUT2D eigenvalue weighted by atomic mass is 35.5. The maximum absolute atomic E-state index is 13.0. The minimum absolute atomic E-state index is 0.0640. The van der Waals surface area contributed by atoms with E-state index in [2.05, 4.69) is 10.2 Å². The Morgan fingerprint density at radius 3 is 2.69 bits per heavy atom. The Balaban J connectivity index is 1.61. The molecule has 0 bridgehead atoms. The summed E-state index contributed by atoms with van der Waals surface area (Å²) in [6, 6.07) is 9.50. The van der Waals surface area contributed by atoms with Gasteiger partial charge in [-0.15, -0.1) is 21.5 Å². The van der Waals surface area contributed by atoms with E-state index in [1.165, 1.54) is 39.9 Å². The van der Waals surface area contributed by atoms with E-state index < -0.39 is 0 Å². The minimum Gasteiger partial charge on any atom is -0.340 e. The number of benzene rings is 1. The van der Waals surface area contributed by atoms with Crippen LogP contribution in [0.15, 0.2) is 41.6 Å². The fraction of sp³-hybridized carbons (Fsp3) is 0.188. The molecule has 136 valence electrons.